The van der Waals surface area contributed by atoms with Crippen LogP contribution < -0.4 is 10.1 Å². The van der Waals surface area contributed by atoms with E-state index < -0.39 is 0 Å². The molecule has 0 aliphatic carbocycles. The summed E-state index contributed by atoms with van der Waals surface area (Å²) in [6, 6.07) is 12.2. The van der Waals surface area contributed by atoms with Crippen molar-refractivity contribution < 1.29 is 4.74 Å². The molecular formula is C17H20ClNO. The number of para-hydroxylation sites is 1. The lowest BCUT2D eigenvalue weighted by Crippen LogP contribution is -2.12. The fraction of sp³-hybridized carbons (Fsp3) is 0.294. The van der Waals surface area contributed by atoms with Crippen LogP contribution in [0, 0.1) is 20.8 Å². The molecular weight excluding hydrogens is 270 g/mol. The van der Waals surface area contributed by atoms with E-state index in [1.807, 2.05) is 38.1 Å². The van der Waals surface area contributed by atoms with Crippen LogP contribution in [0.1, 0.15) is 16.7 Å². The van der Waals surface area contributed by atoms with E-state index in [1.54, 1.807) is 0 Å². The first kappa shape index (κ1) is 14.7. The van der Waals surface area contributed by atoms with Crippen LogP contribution >= 0.6 is 11.6 Å². The van der Waals surface area contributed by atoms with Crippen molar-refractivity contribution in [2.45, 2.75) is 20.8 Å². The summed E-state index contributed by atoms with van der Waals surface area (Å²) < 4.78 is 5.76. The third kappa shape index (κ3) is 3.67. The number of aryl methyl sites for hydroxylation is 3. The molecule has 2 rings (SSSR count). The van der Waals surface area contributed by atoms with E-state index in [4.69, 9.17) is 16.3 Å². The molecule has 0 aliphatic heterocycles. The van der Waals surface area contributed by atoms with E-state index >= 15 is 0 Å². The van der Waals surface area contributed by atoms with Gasteiger partial charge in [0.1, 0.15) is 12.4 Å². The predicted molar refractivity (Wildman–Crippen MR) is 86.1 cm³/mol. The van der Waals surface area contributed by atoms with E-state index in [-0.39, 0.29) is 0 Å². The van der Waals surface area contributed by atoms with Crippen molar-refractivity contribution in [2.75, 3.05) is 18.5 Å². The summed E-state index contributed by atoms with van der Waals surface area (Å²) in [7, 11) is 0. The minimum absolute atomic E-state index is 0.620. The standard InChI is InChI=1S/C17H20ClNO/c1-12-6-4-5-7-16(12)19-8-9-20-15-10-13(2)17(18)14(3)11-15/h4-7,10-11,19H,8-9H2,1-3H3. The third-order valence-corrected chi connectivity index (χ3v) is 3.84. The second-order valence-electron chi connectivity index (χ2n) is 4.96. The van der Waals surface area contributed by atoms with Crippen molar-refractivity contribution in [3.05, 3.63) is 58.1 Å². The number of rotatable bonds is 5. The van der Waals surface area contributed by atoms with Crippen molar-refractivity contribution >= 4 is 17.3 Å². The molecule has 0 fully saturated rings. The van der Waals surface area contributed by atoms with Crippen LogP contribution in [0.4, 0.5) is 5.69 Å². The highest BCUT2D eigenvalue weighted by Crippen LogP contribution is 2.25. The Balaban J connectivity index is 1.86. The van der Waals surface area contributed by atoms with E-state index in [0.29, 0.717) is 6.61 Å². The van der Waals surface area contributed by atoms with Gasteiger partial charge in [0.05, 0.1) is 0 Å². The molecule has 0 spiro atoms. The minimum atomic E-state index is 0.620. The van der Waals surface area contributed by atoms with Crippen LogP contribution in [0.5, 0.6) is 5.75 Å². The molecule has 0 aromatic heterocycles. The maximum atomic E-state index is 6.14. The lowest BCUT2D eigenvalue weighted by Gasteiger charge is -2.12. The van der Waals surface area contributed by atoms with Gasteiger partial charge in [-0.15, -0.1) is 0 Å². The summed E-state index contributed by atoms with van der Waals surface area (Å²) in [4.78, 5) is 0. The van der Waals surface area contributed by atoms with Gasteiger partial charge in [-0.25, -0.2) is 0 Å². The Morgan fingerprint density at radius 3 is 2.30 bits per heavy atom. The van der Waals surface area contributed by atoms with E-state index in [2.05, 4.69) is 24.4 Å². The van der Waals surface area contributed by atoms with Gasteiger partial charge in [0.25, 0.3) is 0 Å². The monoisotopic (exact) mass is 289 g/mol. The number of ether oxygens (including phenoxy) is 1. The maximum Gasteiger partial charge on any atom is 0.120 e. The smallest absolute Gasteiger partial charge is 0.120 e. The summed E-state index contributed by atoms with van der Waals surface area (Å²) in [6.07, 6.45) is 0. The van der Waals surface area contributed by atoms with Crippen LogP contribution in [0.25, 0.3) is 0 Å². The van der Waals surface area contributed by atoms with Crippen molar-refractivity contribution in [2.24, 2.45) is 0 Å². The second kappa shape index (κ2) is 6.67. The normalized spacial score (nSPS) is 10.4. The lowest BCUT2D eigenvalue weighted by molar-refractivity contribution is 0.332. The van der Waals surface area contributed by atoms with Crippen LogP contribution in [0.2, 0.25) is 5.02 Å². The Kier molecular flexibility index (Phi) is 4.91. The van der Waals surface area contributed by atoms with Crippen LogP contribution in [-0.4, -0.2) is 13.2 Å². The van der Waals surface area contributed by atoms with Crippen LogP contribution in [0.15, 0.2) is 36.4 Å². The number of anilines is 1. The molecule has 0 unspecified atom stereocenters. The van der Waals surface area contributed by atoms with E-state index in [1.165, 1.54) is 5.56 Å². The lowest BCUT2D eigenvalue weighted by atomic mass is 10.1. The Labute approximate surface area is 125 Å². The van der Waals surface area contributed by atoms with Gasteiger partial charge >= 0.3 is 0 Å². The van der Waals surface area contributed by atoms with Crippen LogP contribution in [0.3, 0.4) is 0 Å². The molecule has 0 amide bonds. The molecule has 0 aliphatic rings. The summed E-state index contributed by atoms with van der Waals surface area (Å²) in [5, 5.41) is 4.19. The van der Waals surface area contributed by atoms with Crippen LogP contribution in [-0.2, 0) is 0 Å². The Morgan fingerprint density at radius 1 is 1.00 bits per heavy atom. The largest absolute Gasteiger partial charge is 0.492 e. The average Bonchev–Trinajstić information content (AvgIpc) is 2.42. The highest BCUT2D eigenvalue weighted by molar-refractivity contribution is 6.32. The topological polar surface area (TPSA) is 21.3 Å². The molecule has 1 N–H and O–H groups in total. The molecule has 0 radical (unpaired) electrons. The predicted octanol–water partition coefficient (Wildman–Crippen LogP) is 4.76. The molecule has 0 saturated carbocycles. The van der Waals surface area contributed by atoms with Gasteiger partial charge in [0.2, 0.25) is 0 Å². The number of halogens is 1. The molecule has 2 nitrogen and oxygen atoms in total. The zero-order valence-corrected chi connectivity index (χ0v) is 12.9. The fourth-order valence-corrected chi connectivity index (χ4v) is 2.22. The van der Waals surface area contributed by atoms with Gasteiger partial charge in [-0.3, -0.25) is 0 Å². The van der Waals surface area contributed by atoms with Crippen molar-refractivity contribution in [3.8, 4) is 5.75 Å². The summed E-state index contributed by atoms with van der Waals surface area (Å²) in [6.45, 7) is 7.47. The Hall–Kier alpha value is -1.67. The molecule has 0 bridgehead atoms. The maximum absolute atomic E-state index is 6.14. The Morgan fingerprint density at radius 2 is 1.65 bits per heavy atom. The van der Waals surface area contributed by atoms with E-state index in [0.717, 1.165) is 34.1 Å². The molecule has 20 heavy (non-hydrogen) atoms. The molecule has 2 aromatic carbocycles. The quantitative estimate of drug-likeness (QED) is 0.802. The average molecular weight is 290 g/mol. The molecule has 2 aromatic rings. The van der Waals surface area contributed by atoms with Gasteiger partial charge in [0, 0.05) is 17.3 Å². The highest BCUT2D eigenvalue weighted by atomic mass is 35.5. The first-order valence-corrected chi connectivity index (χ1v) is 7.15. The summed E-state index contributed by atoms with van der Waals surface area (Å²) in [5.41, 5.74) is 4.49. The molecule has 0 atom stereocenters. The molecule has 106 valence electrons. The van der Waals surface area contributed by atoms with Gasteiger partial charge in [0.15, 0.2) is 0 Å². The highest BCUT2D eigenvalue weighted by Gasteiger charge is 2.03. The second-order valence-corrected chi connectivity index (χ2v) is 5.34. The van der Waals surface area contributed by atoms with Gasteiger partial charge in [-0.05, 0) is 55.7 Å². The summed E-state index contributed by atoms with van der Waals surface area (Å²) in [5.74, 6) is 0.871. The molecule has 0 saturated heterocycles. The Bertz CT molecular complexity index is 572. The summed E-state index contributed by atoms with van der Waals surface area (Å²) >= 11 is 6.14. The first-order valence-electron chi connectivity index (χ1n) is 6.77. The molecule has 3 heteroatoms. The first-order chi connectivity index (χ1) is 9.58. The SMILES string of the molecule is Cc1ccccc1NCCOc1cc(C)c(Cl)c(C)c1. The van der Waals surface area contributed by atoms with Gasteiger partial charge in [-0.2, -0.15) is 0 Å². The van der Waals surface area contributed by atoms with Crippen molar-refractivity contribution in [1.82, 2.24) is 0 Å². The van der Waals surface area contributed by atoms with Crippen molar-refractivity contribution in [1.29, 1.82) is 0 Å². The number of benzene rings is 2. The fourth-order valence-electron chi connectivity index (χ4n) is 2.12. The third-order valence-electron chi connectivity index (χ3n) is 3.24. The zero-order valence-electron chi connectivity index (χ0n) is 12.2. The number of hydrogen-bond acceptors (Lipinski definition) is 2. The number of nitrogens with one attached hydrogen (secondary N) is 1. The zero-order chi connectivity index (χ0) is 14.5. The molecule has 0 heterocycles. The van der Waals surface area contributed by atoms with Gasteiger partial charge < -0.3 is 10.1 Å². The van der Waals surface area contributed by atoms with Crippen molar-refractivity contribution in [3.63, 3.8) is 0 Å². The van der Waals surface area contributed by atoms with E-state index in [9.17, 15) is 0 Å². The minimum Gasteiger partial charge on any atom is -0.492 e. The van der Waals surface area contributed by atoms with Gasteiger partial charge in [-0.1, -0.05) is 29.8 Å². The number of hydrogen-bond donors (Lipinski definition) is 1.